The van der Waals surface area contributed by atoms with Crippen LogP contribution in [0.25, 0.3) is 5.82 Å². The molecule has 3 aromatic rings. The lowest BCUT2D eigenvalue weighted by molar-refractivity contribution is 0.393. The van der Waals surface area contributed by atoms with Crippen molar-refractivity contribution in [2.45, 2.75) is 13.5 Å². The van der Waals surface area contributed by atoms with E-state index < -0.39 is 0 Å². The Balaban J connectivity index is 1.69. The highest BCUT2D eigenvalue weighted by Gasteiger charge is 2.05. The summed E-state index contributed by atoms with van der Waals surface area (Å²) in [5.41, 5.74) is 1.89. The van der Waals surface area contributed by atoms with E-state index >= 15 is 0 Å². The summed E-state index contributed by atoms with van der Waals surface area (Å²) in [6.45, 7) is 2.49. The molecule has 0 aliphatic rings. The van der Waals surface area contributed by atoms with Crippen LogP contribution in [0.5, 0.6) is 5.88 Å². The number of nitrogens with zero attached hydrogens (tertiary/aromatic N) is 5. The summed E-state index contributed by atoms with van der Waals surface area (Å²) in [6.07, 6.45) is 3.55. The molecule has 3 rings (SSSR count). The molecule has 7 heteroatoms. The number of ether oxygens (including phenoxy) is 1. The summed E-state index contributed by atoms with van der Waals surface area (Å²) in [5.74, 6) is 1.96. The van der Waals surface area contributed by atoms with E-state index in [9.17, 15) is 0 Å². The third-order valence-electron chi connectivity index (χ3n) is 3.11. The molecule has 0 unspecified atom stereocenters. The Morgan fingerprint density at radius 3 is 2.77 bits per heavy atom. The Labute approximate surface area is 128 Å². The SMILES string of the molecule is COc1ncccc1CNc1ccc(-n2ccc(C)n2)nn1. The van der Waals surface area contributed by atoms with E-state index in [1.54, 1.807) is 18.0 Å². The lowest BCUT2D eigenvalue weighted by Gasteiger charge is -2.08. The maximum Gasteiger partial charge on any atom is 0.218 e. The number of rotatable bonds is 5. The molecule has 7 nitrogen and oxygen atoms in total. The highest BCUT2D eigenvalue weighted by molar-refractivity contribution is 5.38. The second-order valence-electron chi connectivity index (χ2n) is 4.70. The maximum absolute atomic E-state index is 5.21. The highest BCUT2D eigenvalue weighted by Crippen LogP contribution is 2.15. The fraction of sp³-hybridized carbons (Fsp3) is 0.200. The fourth-order valence-corrected chi connectivity index (χ4v) is 2.01. The van der Waals surface area contributed by atoms with Gasteiger partial charge in [0.1, 0.15) is 5.82 Å². The molecule has 0 radical (unpaired) electrons. The normalized spacial score (nSPS) is 10.5. The van der Waals surface area contributed by atoms with Gasteiger partial charge in [-0.05, 0) is 31.2 Å². The van der Waals surface area contributed by atoms with Crippen LogP contribution < -0.4 is 10.1 Å². The molecule has 0 aromatic carbocycles. The van der Waals surface area contributed by atoms with Crippen molar-refractivity contribution in [2.75, 3.05) is 12.4 Å². The molecule has 0 atom stereocenters. The second-order valence-corrected chi connectivity index (χ2v) is 4.70. The van der Waals surface area contributed by atoms with Gasteiger partial charge in [-0.2, -0.15) is 5.10 Å². The lowest BCUT2D eigenvalue weighted by Crippen LogP contribution is -2.06. The quantitative estimate of drug-likeness (QED) is 0.775. The van der Waals surface area contributed by atoms with Gasteiger partial charge in [0.15, 0.2) is 5.82 Å². The van der Waals surface area contributed by atoms with Crippen molar-refractivity contribution in [3.63, 3.8) is 0 Å². The molecule has 0 aliphatic carbocycles. The average Bonchev–Trinajstić information content (AvgIpc) is 3.00. The van der Waals surface area contributed by atoms with Crippen LogP contribution in [0.3, 0.4) is 0 Å². The second kappa shape index (κ2) is 6.21. The molecule has 1 N–H and O–H groups in total. The largest absolute Gasteiger partial charge is 0.481 e. The molecular weight excluding hydrogens is 280 g/mol. The standard InChI is InChI=1S/C15H16N6O/c1-11-7-9-21(20-11)14-6-5-13(18-19-14)17-10-12-4-3-8-16-15(12)22-2/h3-9H,10H2,1-2H3,(H,17,18). The number of pyridine rings is 1. The van der Waals surface area contributed by atoms with Crippen molar-refractivity contribution in [1.82, 2.24) is 25.0 Å². The minimum absolute atomic E-state index is 0.561. The number of hydrogen-bond donors (Lipinski definition) is 1. The zero-order valence-electron chi connectivity index (χ0n) is 12.4. The third kappa shape index (κ3) is 3.03. The van der Waals surface area contributed by atoms with Crippen LogP contribution in [0.4, 0.5) is 5.82 Å². The van der Waals surface area contributed by atoms with Gasteiger partial charge >= 0.3 is 0 Å². The summed E-state index contributed by atoms with van der Waals surface area (Å²) < 4.78 is 6.91. The fourth-order valence-electron chi connectivity index (χ4n) is 2.01. The smallest absolute Gasteiger partial charge is 0.218 e. The lowest BCUT2D eigenvalue weighted by atomic mass is 10.2. The zero-order chi connectivity index (χ0) is 15.4. The van der Waals surface area contributed by atoms with E-state index in [1.807, 2.05) is 43.5 Å². The maximum atomic E-state index is 5.21. The van der Waals surface area contributed by atoms with Crippen LogP contribution in [-0.2, 0) is 6.54 Å². The van der Waals surface area contributed by atoms with E-state index in [4.69, 9.17) is 4.74 Å². The summed E-state index contributed by atoms with van der Waals surface area (Å²) in [5, 5.41) is 15.8. The number of aromatic nitrogens is 5. The van der Waals surface area contributed by atoms with Crippen molar-refractivity contribution in [3.05, 3.63) is 54.0 Å². The van der Waals surface area contributed by atoms with Gasteiger partial charge in [-0.1, -0.05) is 6.07 Å². The predicted molar refractivity (Wildman–Crippen MR) is 82.0 cm³/mol. The van der Waals surface area contributed by atoms with E-state index in [0.29, 0.717) is 24.1 Å². The van der Waals surface area contributed by atoms with Gasteiger partial charge in [-0.15, -0.1) is 10.2 Å². The molecule has 3 aromatic heterocycles. The van der Waals surface area contributed by atoms with Gasteiger partial charge in [0.25, 0.3) is 0 Å². The number of hydrogen-bond acceptors (Lipinski definition) is 6. The van der Waals surface area contributed by atoms with E-state index in [0.717, 1.165) is 11.3 Å². The first-order valence-electron chi connectivity index (χ1n) is 6.84. The minimum Gasteiger partial charge on any atom is -0.481 e. The molecule has 0 amide bonds. The molecule has 0 bridgehead atoms. The van der Waals surface area contributed by atoms with Gasteiger partial charge in [0.2, 0.25) is 5.88 Å². The first-order valence-corrected chi connectivity index (χ1v) is 6.84. The molecule has 22 heavy (non-hydrogen) atoms. The predicted octanol–water partition coefficient (Wildman–Crippen LogP) is 1.99. The number of nitrogens with one attached hydrogen (secondary N) is 1. The van der Waals surface area contributed by atoms with Crippen LogP contribution in [0.15, 0.2) is 42.7 Å². The van der Waals surface area contributed by atoms with Gasteiger partial charge in [-0.3, -0.25) is 0 Å². The molecular formula is C15H16N6O. The molecule has 0 saturated carbocycles. The number of anilines is 1. The van der Waals surface area contributed by atoms with Gasteiger partial charge in [0, 0.05) is 24.5 Å². The van der Waals surface area contributed by atoms with Gasteiger partial charge < -0.3 is 10.1 Å². The van der Waals surface area contributed by atoms with E-state index in [2.05, 4.69) is 25.6 Å². The van der Waals surface area contributed by atoms with Crippen LogP contribution in [0, 0.1) is 6.92 Å². The molecule has 3 heterocycles. The summed E-state index contributed by atoms with van der Waals surface area (Å²) in [7, 11) is 1.60. The number of aryl methyl sites for hydroxylation is 1. The van der Waals surface area contributed by atoms with Crippen LogP contribution in [0.2, 0.25) is 0 Å². The van der Waals surface area contributed by atoms with Crippen molar-refractivity contribution in [2.24, 2.45) is 0 Å². The van der Waals surface area contributed by atoms with Crippen LogP contribution >= 0.6 is 0 Å². The van der Waals surface area contributed by atoms with Crippen LogP contribution in [-0.4, -0.2) is 32.1 Å². The van der Waals surface area contributed by atoms with Gasteiger partial charge in [-0.25, -0.2) is 9.67 Å². The first-order chi connectivity index (χ1) is 10.8. The van der Waals surface area contributed by atoms with Crippen molar-refractivity contribution in [3.8, 4) is 11.7 Å². The summed E-state index contributed by atoms with van der Waals surface area (Å²) in [4.78, 5) is 4.16. The van der Waals surface area contributed by atoms with Crippen molar-refractivity contribution >= 4 is 5.82 Å². The van der Waals surface area contributed by atoms with Crippen molar-refractivity contribution in [1.29, 1.82) is 0 Å². The Morgan fingerprint density at radius 1 is 1.18 bits per heavy atom. The minimum atomic E-state index is 0.561. The number of methoxy groups -OCH3 is 1. The van der Waals surface area contributed by atoms with E-state index in [-0.39, 0.29) is 0 Å². The summed E-state index contributed by atoms with van der Waals surface area (Å²) in [6, 6.07) is 9.47. The Bertz CT molecular complexity index is 753. The van der Waals surface area contributed by atoms with Gasteiger partial charge in [0.05, 0.1) is 12.8 Å². The monoisotopic (exact) mass is 296 g/mol. The highest BCUT2D eigenvalue weighted by atomic mass is 16.5. The molecule has 0 fully saturated rings. The Kier molecular flexibility index (Phi) is 3.95. The zero-order valence-corrected chi connectivity index (χ0v) is 12.4. The molecule has 0 saturated heterocycles. The Morgan fingerprint density at radius 2 is 2.09 bits per heavy atom. The van der Waals surface area contributed by atoms with Crippen molar-refractivity contribution < 1.29 is 4.74 Å². The Hall–Kier alpha value is -2.96. The van der Waals surface area contributed by atoms with E-state index in [1.165, 1.54) is 0 Å². The van der Waals surface area contributed by atoms with Crippen LogP contribution in [0.1, 0.15) is 11.3 Å². The third-order valence-corrected chi connectivity index (χ3v) is 3.11. The molecule has 0 spiro atoms. The summed E-state index contributed by atoms with van der Waals surface area (Å²) >= 11 is 0. The topological polar surface area (TPSA) is 77.8 Å². The average molecular weight is 296 g/mol. The molecule has 0 aliphatic heterocycles. The molecule has 112 valence electrons. The first kappa shape index (κ1) is 14.0.